The zero-order chi connectivity index (χ0) is 22.8. The van der Waals surface area contributed by atoms with Crippen LogP contribution in [-0.4, -0.2) is 25.0 Å². The summed E-state index contributed by atoms with van der Waals surface area (Å²) in [4.78, 5) is 25.5. The molecule has 0 saturated carbocycles. The molecule has 0 aliphatic rings. The highest BCUT2D eigenvalue weighted by Crippen LogP contribution is 2.18. The number of carbonyl (C=O) groups excluding carboxylic acids is 2. The number of nitrogens with one attached hydrogen (secondary N) is 2. The summed E-state index contributed by atoms with van der Waals surface area (Å²) in [6.45, 7) is 2.00. The van der Waals surface area contributed by atoms with Gasteiger partial charge in [-0.05, 0) is 55.2 Å². The molecule has 3 aromatic carbocycles. The van der Waals surface area contributed by atoms with Crippen LogP contribution in [0.25, 0.3) is 0 Å². The Labute approximate surface area is 189 Å². The molecule has 32 heavy (non-hydrogen) atoms. The van der Waals surface area contributed by atoms with Crippen molar-refractivity contribution in [3.63, 3.8) is 0 Å². The highest BCUT2D eigenvalue weighted by atomic mass is 16.5. The van der Waals surface area contributed by atoms with E-state index in [-0.39, 0.29) is 24.3 Å². The molecule has 3 rings (SSSR count). The van der Waals surface area contributed by atoms with Crippen LogP contribution in [0.3, 0.4) is 0 Å². The van der Waals surface area contributed by atoms with Gasteiger partial charge in [0.2, 0.25) is 5.91 Å². The van der Waals surface area contributed by atoms with Gasteiger partial charge in [0.1, 0.15) is 5.75 Å². The smallest absolute Gasteiger partial charge is 0.251 e. The van der Waals surface area contributed by atoms with E-state index in [0.717, 1.165) is 24.2 Å². The number of rotatable bonds is 10. The number of aryl methyl sites for hydroxylation is 1. The van der Waals surface area contributed by atoms with Gasteiger partial charge in [-0.3, -0.25) is 9.59 Å². The molecule has 0 saturated heterocycles. The first-order valence-corrected chi connectivity index (χ1v) is 10.9. The molecule has 2 N–H and O–H groups in total. The van der Waals surface area contributed by atoms with Gasteiger partial charge < -0.3 is 15.4 Å². The summed E-state index contributed by atoms with van der Waals surface area (Å²) >= 11 is 0. The summed E-state index contributed by atoms with van der Waals surface area (Å²) in [6, 6.07) is 26.2. The van der Waals surface area contributed by atoms with Gasteiger partial charge in [-0.25, -0.2) is 0 Å². The minimum atomic E-state index is -0.405. The fraction of sp³-hybridized carbons (Fsp3) is 0.259. The summed E-state index contributed by atoms with van der Waals surface area (Å²) in [5, 5.41) is 6.08. The Balaban J connectivity index is 1.57. The normalized spacial score (nSPS) is 12.4. The maximum atomic E-state index is 12.8. The third-order valence-corrected chi connectivity index (χ3v) is 5.37. The molecule has 0 aliphatic carbocycles. The van der Waals surface area contributed by atoms with E-state index in [1.165, 1.54) is 5.56 Å². The van der Waals surface area contributed by atoms with E-state index < -0.39 is 6.04 Å². The zero-order valence-electron chi connectivity index (χ0n) is 18.6. The van der Waals surface area contributed by atoms with E-state index in [2.05, 4.69) is 10.6 Å². The SMILES string of the molecule is COc1ccc(CC[C@H](C)NC(=O)C[C@H](NC(=O)c2ccccc2)c2ccccc2)cc1. The van der Waals surface area contributed by atoms with Crippen LogP contribution in [0, 0.1) is 0 Å². The second-order valence-corrected chi connectivity index (χ2v) is 7.86. The average Bonchev–Trinajstić information content (AvgIpc) is 2.83. The van der Waals surface area contributed by atoms with Crippen molar-refractivity contribution in [3.05, 3.63) is 102 Å². The van der Waals surface area contributed by atoms with Crippen molar-refractivity contribution in [3.8, 4) is 5.75 Å². The molecule has 0 radical (unpaired) electrons. The maximum absolute atomic E-state index is 12.8. The van der Waals surface area contributed by atoms with Crippen LogP contribution in [0.2, 0.25) is 0 Å². The lowest BCUT2D eigenvalue weighted by atomic mass is 10.0. The lowest BCUT2D eigenvalue weighted by molar-refractivity contribution is -0.122. The molecule has 2 atom stereocenters. The molecule has 3 aromatic rings. The Morgan fingerprint density at radius 2 is 1.47 bits per heavy atom. The lowest BCUT2D eigenvalue weighted by Crippen LogP contribution is -2.37. The Hall–Kier alpha value is -3.60. The molecule has 0 spiro atoms. The lowest BCUT2D eigenvalue weighted by Gasteiger charge is -2.21. The molecule has 0 fully saturated rings. The largest absolute Gasteiger partial charge is 0.497 e. The number of ether oxygens (including phenoxy) is 1. The first kappa shape index (κ1) is 23.1. The van der Waals surface area contributed by atoms with Gasteiger partial charge in [0.15, 0.2) is 0 Å². The van der Waals surface area contributed by atoms with E-state index >= 15 is 0 Å². The summed E-state index contributed by atoms with van der Waals surface area (Å²) in [5.41, 5.74) is 2.67. The predicted octanol–water partition coefficient (Wildman–Crippen LogP) is 4.69. The van der Waals surface area contributed by atoms with E-state index in [0.29, 0.717) is 5.56 Å². The Kier molecular flexibility index (Phi) is 8.44. The maximum Gasteiger partial charge on any atom is 0.251 e. The Morgan fingerprint density at radius 3 is 2.09 bits per heavy atom. The number of hydrogen-bond acceptors (Lipinski definition) is 3. The number of amides is 2. The third kappa shape index (κ3) is 6.98. The van der Waals surface area contributed by atoms with E-state index in [9.17, 15) is 9.59 Å². The molecule has 0 unspecified atom stereocenters. The minimum Gasteiger partial charge on any atom is -0.497 e. The predicted molar refractivity (Wildman–Crippen MR) is 127 cm³/mol. The van der Waals surface area contributed by atoms with Crippen LogP contribution in [0.15, 0.2) is 84.9 Å². The highest BCUT2D eigenvalue weighted by Gasteiger charge is 2.20. The topological polar surface area (TPSA) is 67.4 Å². The second-order valence-electron chi connectivity index (χ2n) is 7.86. The van der Waals surface area contributed by atoms with Gasteiger partial charge in [-0.15, -0.1) is 0 Å². The summed E-state index contributed by atoms with van der Waals surface area (Å²) < 4.78 is 5.19. The Morgan fingerprint density at radius 1 is 0.844 bits per heavy atom. The molecule has 0 heterocycles. The van der Waals surface area contributed by atoms with Crippen LogP contribution in [0.5, 0.6) is 5.75 Å². The number of benzene rings is 3. The summed E-state index contributed by atoms with van der Waals surface area (Å²) in [5.74, 6) is 0.550. The van der Waals surface area contributed by atoms with Crippen LogP contribution < -0.4 is 15.4 Å². The van der Waals surface area contributed by atoms with Crippen molar-refractivity contribution in [1.29, 1.82) is 0 Å². The summed E-state index contributed by atoms with van der Waals surface area (Å²) in [7, 11) is 1.65. The number of hydrogen-bond donors (Lipinski definition) is 2. The fourth-order valence-electron chi connectivity index (χ4n) is 3.54. The average molecular weight is 431 g/mol. The van der Waals surface area contributed by atoms with Gasteiger partial charge >= 0.3 is 0 Å². The number of methoxy groups -OCH3 is 1. The van der Waals surface area contributed by atoms with Crippen molar-refractivity contribution >= 4 is 11.8 Å². The third-order valence-electron chi connectivity index (χ3n) is 5.37. The molecule has 0 aromatic heterocycles. The van der Waals surface area contributed by atoms with Crippen LogP contribution in [0.1, 0.15) is 47.3 Å². The zero-order valence-corrected chi connectivity index (χ0v) is 18.6. The quantitative estimate of drug-likeness (QED) is 0.490. The van der Waals surface area contributed by atoms with Crippen LogP contribution >= 0.6 is 0 Å². The van der Waals surface area contributed by atoms with Crippen molar-refractivity contribution in [2.75, 3.05) is 7.11 Å². The molecule has 0 aliphatic heterocycles. The van der Waals surface area contributed by atoms with Gasteiger partial charge in [0.25, 0.3) is 5.91 Å². The first-order valence-electron chi connectivity index (χ1n) is 10.9. The van der Waals surface area contributed by atoms with Crippen LogP contribution in [-0.2, 0) is 11.2 Å². The van der Waals surface area contributed by atoms with Crippen molar-refractivity contribution in [2.24, 2.45) is 0 Å². The Bertz CT molecular complexity index is 988. The van der Waals surface area contributed by atoms with Crippen molar-refractivity contribution in [1.82, 2.24) is 10.6 Å². The van der Waals surface area contributed by atoms with Gasteiger partial charge in [0, 0.05) is 11.6 Å². The molecule has 5 nitrogen and oxygen atoms in total. The molecule has 2 amide bonds. The van der Waals surface area contributed by atoms with E-state index in [4.69, 9.17) is 4.74 Å². The van der Waals surface area contributed by atoms with Gasteiger partial charge in [-0.2, -0.15) is 0 Å². The first-order chi connectivity index (χ1) is 15.5. The molecular formula is C27H30N2O3. The van der Waals surface area contributed by atoms with E-state index in [1.54, 1.807) is 19.2 Å². The number of carbonyl (C=O) groups is 2. The van der Waals surface area contributed by atoms with Gasteiger partial charge in [0.05, 0.1) is 19.6 Å². The van der Waals surface area contributed by atoms with Crippen LogP contribution in [0.4, 0.5) is 0 Å². The highest BCUT2D eigenvalue weighted by molar-refractivity contribution is 5.94. The molecule has 0 bridgehead atoms. The minimum absolute atomic E-state index is 0.0193. The van der Waals surface area contributed by atoms with Crippen molar-refractivity contribution in [2.45, 2.75) is 38.3 Å². The second kappa shape index (κ2) is 11.7. The van der Waals surface area contributed by atoms with E-state index in [1.807, 2.05) is 79.7 Å². The van der Waals surface area contributed by atoms with Gasteiger partial charge in [-0.1, -0.05) is 60.7 Å². The fourth-order valence-corrected chi connectivity index (χ4v) is 3.54. The molecular weight excluding hydrogens is 400 g/mol. The molecule has 166 valence electrons. The monoisotopic (exact) mass is 430 g/mol. The molecule has 5 heteroatoms. The standard InChI is InChI=1S/C27H30N2O3/c1-20(13-14-21-15-17-24(32-2)18-16-21)28-26(30)19-25(22-9-5-3-6-10-22)29-27(31)23-11-7-4-8-12-23/h3-12,15-18,20,25H,13-14,19H2,1-2H3,(H,28,30)(H,29,31)/t20-,25-/m0/s1. The van der Waals surface area contributed by atoms with Crippen molar-refractivity contribution < 1.29 is 14.3 Å². The summed E-state index contributed by atoms with van der Waals surface area (Å²) in [6.07, 6.45) is 1.86.